The van der Waals surface area contributed by atoms with Gasteiger partial charge in [0.2, 0.25) is 0 Å². The first kappa shape index (κ1) is 13.8. The maximum atomic E-state index is 10.5. The second-order valence-corrected chi connectivity index (χ2v) is 2.94. The van der Waals surface area contributed by atoms with E-state index in [9.17, 15) is 4.79 Å². The van der Waals surface area contributed by atoms with Crippen LogP contribution in [-0.2, 0) is 0 Å². The van der Waals surface area contributed by atoms with Crippen LogP contribution in [0.5, 0.6) is 0 Å². The molecule has 0 aromatic carbocycles. The van der Waals surface area contributed by atoms with Gasteiger partial charge in [0.15, 0.2) is 0 Å². The fourth-order valence-electron chi connectivity index (χ4n) is 0.562. The van der Waals surface area contributed by atoms with Gasteiger partial charge >= 0.3 is 6.03 Å². The number of primary amides is 1. The summed E-state index contributed by atoms with van der Waals surface area (Å²) in [6, 6.07) is -0.347. The predicted molar refractivity (Wildman–Crippen MR) is 53.0 cm³/mol. The highest BCUT2D eigenvalue weighted by atomic mass is 16.2. The van der Waals surface area contributed by atoms with E-state index in [2.05, 4.69) is 13.8 Å². The molecule has 12 heavy (non-hydrogen) atoms. The first-order valence-electron chi connectivity index (χ1n) is 4.54. The molecule has 3 heteroatoms. The van der Waals surface area contributed by atoms with Gasteiger partial charge in [-0.1, -0.05) is 27.7 Å². The Morgan fingerprint density at radius 2 is 1.83 bits per heavy atom. The minimum absolute atomic E-state index is 0.347. The summed E-state index contributed by atoms with van der Waals surface area (Å²) in [7, 11) is 1.71. The molecule has 0 atom stereocenters. The number of rotatable bonds is 3. The molecule has 0 fully saturated rings. The predicted octanol–water partition coefficient (Wildman–Crippen LogP) is 2.07. The lowest BCUT2D eigenvalue weighted by Gasteiger charge is -2.14. The van der Waals surface area contributed by atoms with Crippen molar-refractivity contribution in [3.8, 4) is 0 Å². The SMILES string of the molecule is CC.CC(C)CCN(C)C(N)=O. The fourth-order valence-corrected chi connectivity index (χ4v) is 0.562. The second-order valence-electron chi connectivity index (χ2n) is 2.94. The van der Waals surface area contributed by atoms with Gasteiger partial charge in [0.25, 0.3) is 0 Å². The molecule has 0 aromatic heterocycles. The van der Waals surface area contributed by atoms with Gasteiger partial charge in [-0.2, -0.15) is 0 Å². The van der Waals surface area contributed by atoms with E-state index < -0.39 is 0 Å². The minimum atomic E-state index is -0.347. The van der Waals surface area contributed by atoms with Crippen molar-refractivity contribution >= 4 is 6.03 Å². The molecular weight excluding hydrogens is 152 g/mol. The minimum Gasteiger partial charge on any atom is -0.351 e. The third kappa shape index (κ3) is 9.27. The van der Waals surface area contributed by atoms with Crippen molar-refractivity contribution in [2.75, 3.05) is 13.6 Å². The highest BCUT2D eigenvalue weighted by Crippen LogP contribution is 1.99. The van der Waals surface area contributed by atoms with Crippen molar-refractivity contribution < 1.29 is 4.79 Å². The van der Waals surface area contributed by atoms with Gasteiger partial charge in [-0.3, -0.25) is 0 Å². The molecule has 0 saturated carbocycles. The van der Waals surface area contributed by atoms with Gasteiger partial charge < -0.3 is 10.6 Å². The summed E-state index contributed by atoms with van der Waals surface area (Å²) in [6.07, 6.45) is 1.01. The first-order chi connectivity index (χ1) is 5.54. The maximum Gasteiger partial charge on any atom is 0.314 e. The van der Waals surface area contributed by atoms with Gasteiger partial charge in [-0.15, -0.1) is 0 Å². The molecule has 0 aliphatic rings. The molecule has 0 unspecified atom stereocenters. The zero-order chi connectivity index (χ0) is 10.1. The number of nitrogens with zero attached hydrogens (tertiary/aromatic N) is 1. The molecule has 0 saturated heterocycles. The molecular formula is C9H22N2O. The summed E-state index contributed by atoms with van der Waals surface area (Å²) < 4.78 is 0. The van der Waals surface area contributed by atoms with E-state index in [1.54, 1.807) is 7.05 Å². The van der Waals surface area contributed by atoms with E-state index in [1.807, 2.05) is 13.8 Å². The summed E-state index contributed by atoms with van der Waals surface area (Å²) in [4.78, 5) is 12.0. The van der Waals surface area contributed by atoms with Crippen LogP contribution in [0.3, 0.4) is 0 Å². The highest BCUT2D eigenvalue weighted by molar-refractivity contribution is 5.71. The van der Waals surface area contributed by atoms with Crippen LogP contribution in [0.25, 0.3) is 0 Å². The zero-order valence-corrected chi connectivity index (χ0v) is 8.92. The van der Waals surface area contributed by atoms with Gasteiger partial charge in [-0.25, -0.2) is 4.79 Å². The number of urea groups is 1. The van der Waals surface area contributed by atoms with Gasteiger partial charge in [0.1, 0.15) is 0 Å². The number of carbonyl (C=O) groups is 1. The first-order valence-corrected chi connectivity index (χ1v) is 4.54. The molecule has 2 N–H and O–H groups in total. The molecule has 0 rings (SSSR count). The van der Waals surface area contributed by atoms with Crippen LogP contribution >= 0.6 is 0 Å². The molecule has 0 spiro atoms. The molecule has 74 valence electrons. The topological polar surface area (TPSA) is 46.3 Å². The van der Waals surface area contributed by atoms with E-state index in [0.29, 0.717) is 5.92 Å². The molecule has 0 heterocycles. The zero-order valence-electron chi connectivity index (χ0n) is 8.92. The molecule has 0 aromatic rings. The van der Waals surface area contributed by atoms with E-state index in [0.717, 1.165) is 13.0 Å². The summed E-state index contributed by atoms with van der Waals surface area (Å²) in [5, 5.41) is 0. The van der Waals surface area contributed by atoms with Crippen molar-refractivity contribution in [2.24, 2.45) is 11.7 Å². The highest BCUT2D eigenvalue weighted by Gasteiger charge is 2.02. The van der Waals surface area contributed by atoms with Gasteiger partial charge in [0.05, 0.1) is 0 Å². The Labute approximate surface area is 75.9 Å². The molecule has 3 nitrogen and oxygen atoms in total. The summed E-state index contributed by atoms with van der Waals surface area (Å²) in [6.45, 7) is 9.00. The number of hydrogen-bond donors (Lipinski definition) is 1. The summed E-state index contributed by atoms with van der Waals surface area (Å²) >= 11 is 0. The van der Waals surface area contributed by atoms with Crippen LogP contribution in [0.1, 0.15) is 34.1 Å². The monoisotopic (exact) mass is 174 g/mol. The number of nitrogens with two attached hydrogens (primary N) is 1. The van der Waals surface area contributed by atoms with Crippen LogP contribution in [0.4, 0.5) is 4.79 Å². The van der Waals surface area contributed by atoms with Crippen molar-refractivity contribution in [1.82, 2.24) is 4.90 Å². The lowest BCUT2D eigenvalue weighted by molar-refractivity contribution is 0.216. The quantitative estimate of drug-likeness (QED) is 0.699. The second kappa shape index (κ2) is 8.37. The van der Waals surface area contributed by atoms with E-state index in [1.165, 1.54) is 4.90 Å². The normalized spacial score (nSPS) is 8.83. The van der Waals surface area contributed by atoms with Crippen LogP contribution in [0, 0.1) is 5.92 Å². The smallest absolute Gasteiger partial charge is 0.314 e. The lowest BCUT2D eigenvalue weighted by Crippen LogP contribution is -2.33. The number of hydrogen-bond acceptors (Lipinski definition) is 1. The third-order valence-electron chi connectivity index (χ3n) is 1.42. The molecule has 0 aliphatic heterocycles. The van der Waals surface area contributed by atoms with Crippen molar-refractivity contribution in [2.45, 2.75) is 34.1 Å². The van der Waals surface area contributed by atoms with E-state index in [-0.39, 0.29) is 6.03 Å². The summed E-state index contributed by atoms with van der Waals surface area (Å²) in [5.74, 6) is 0.627. The maximum absolute atomic E-state index is 10.5. The van der Waals surface area contributed by atoms with Crippen LogP contribution < -0.4 is 5.73 Å². The van der Waals surface area contributed by atoms with Crippen LogP contribution in [0.15, 0.2) is 0 Å². The van der Waals surface area contributed by atoms with Crippen molar-refractivity contribution in [3.05, 3.63) is 0 Å². The lowest BCUT2D eigenvalue weighted by atomic mass is 10.1. The Morgan fingerprint density at radius 3 is 2.08 bits per heavy atom. The van der Waals surface area contributed by atoms with Crippen molar-refractivity contribution in [3.63, 3.8) is 0 Å². The standard InChI is InChI=1S/C7H16N2O.C2H6/c1-6(2)4-5-9(3)7(8)10;1-2/h6H,4-5H2,1-3H3,(H2,8,10);1-2H3. The third-order valence-corrected chi connectivity index (χ3v) is 1.42. The molecule has 0 radical (unpaired) electrons. The van der Waals surface area contributed by atoms with Crippen molar-refractivity contribution in [1.29, 1.82) is 0 Å². The van der Waals surface area contributed by atoms with Crippen LogP contribution in [-0.4, -0.2) is 24.5 Å². The largest absolute Gasteiger partial charge is 0.351 e. The molecule has 0 aliphatic carbocycles. The Balaban J connectivity index is 0. The molecule has 0 bridgehead atoms. The number of carbonyl (C=O) groups excluding carboxylic acids is 1. The Hall–Kier alpha value is -0.730. The summed E-state index contributed by atoms with van der Waals surface area (Å²) in [5.41, 5.74) is 5.01. The van der Waals surface area contributed by atoms with E-state index in [4.69, 9.17) is 5.73 Å². The van der Waals surface area contributed by atoms with Gasteiger partial charge in [-0.05, 0) is 12.3 Å². The number of amides is 2. The Kier molecular flexibility index (Phi) is 9.65. The van der Waals surface area contributed by atoms with Gasteiger partial charge in [0, 0.05) is 13.6 Å². The van der Waals surface area contributed by atoms with E-state index >= 15 is 0 Å². The Bertz CT molecular complexity index is 113. The fraction of sp³-hybridized carbons (Fsp3) is 0.889. The molecule has 2 amide bonds. The average molecular weight is 174 g/mol. The Morgan fingerprint density at radius 1 is 1.42 bits per heavy atom. The average Bonchev–Trinajstić information content (AvgIpc) is 2.03. The van der Waals surface area contributed by atoms with Crippen LogP contribution in [0.2, 0.25) is 0 Å².